The Morgan fingerprint density at radius 2 is 2.00 bits per heavy atom. The first kappa shape index (κ1) is 11.6. The Morgan fingerprint density at radius 1 is 1.24 bits per heavy atom. The van der Waals surface area contributed by atoms with Gasteiger partial charge in [-0.2, -0.15) is 0 Å². The Morgan fingerprint density at radius 3 is 2.76 bits per heavy atom. The van der Waals surface area contributed by atoms with Crippen LogP contribution in [-0.2, 0) is 28.9 Å². The number of rotatable bonds is 4. The molecular formula is C13H15NO3. The molecule has 1 aromatic carbocycles. The molecule has 2 N–H and O–H groups in total. The molecular weight excluding hydrogens is 218 g/mol. The summed E-state index contributed by atoms with van der Waals surface area (Å²) in [5.41, 5.74) is 3.65. The first-order valence-corrected chi connectivity index (χ1v) is 5.74. The number of hydrogen-bond acceptors (Lipinski definition) is 2. The van der Waals surface area contributed by atoms with E-state index in [1.807, 2.05) is 6.07 Å². The lowest BCUT2D eigenvalue weighted by Gasteiger charge is -2.05. The summed E-state index contributed by atoms with van der Waals surface area (Å²) in [6, 6.07) is 6.08. The number of aliphatic carboxylic acids is 1. The monoisotopic (exact) mass is 233 g/mol. The largest absolute Gasteiger partial charge is 0.480 e. The summed E-state index contributed by atoms with van der Waals surface area (Å²) in [7, 11) is 0. The first-order chi connectivity index (χ1) is 8.15. The highest BCUT2D eigenvalue weighted by molar-refractivity contribution is 5.82. The lowest BCUT2D eigenvalue weighted by Crippen LogP contribution is -2.30. The fraction of sp³-hybridized carbons (Fsp3) is 0.385. The normalized spacial score (nSPS) is 13.2. The second-order valence-electron chi connectivity index (χ2n) is 4.30. The fourth-order valence-corrected chi connectivity index (χ4v) is 2.16. The number of carbonyl (C=O) groups is 2. The standard InChI is InChI=1S/C13H15NO3/c15-12(14-8-13(16)17)7-9-4-5-10-2-1-3-11(10)6-9/h4-6H,1-3,7-8H2,(H,14,15)(H,16,17). The third kappa shape index (κ3) is 3.06. The van der Waals surface area contributed by atoms with Crippen LogP contribution >= 0.6 is 0 Å². The van der Waals surface area contributed by atoms with Crippen molar-refractivity contribution in [1.82, 2.24) is 5.32 Å². The molecule has 2 rings (SSSR count). The van der Waals surface area contributed by atoms with Crippen LogP contribution in [0.25, 0.3) is 0 Å². The number of amides is 1. The van der Waals surface area contributed by atoms with Gasteiger partial charge in [0.1, 0.15) is 6.54 Å². The van der Waals surface area contributed by atoms with Crippen molar-refractivity contribution in [3.8, 4) is 0 Å². The van der Waals surface area contributed by atoms with E-state index >= 15 is 0 Å². The topological polar surface area (TPSA) is 66.4 Å². The van der Waals surface area contributed by atoms with Gasteiger partial charge in [0.05, 0.1) is 6.42 Å². The van der Waals surface area contributed by atoms with Crippen LogP contribution in [0.5, 0.6) is 0 Å². The lowest BCUT2D eigenvalue weighted by atomic mass is 10.0. The summed E-state index contributed by atoms with van der Waals surface area (Å²) >= 11 is 0. The van der Waals surface area contributed by atoms with Crippen LogP contribution in [0.4, 0.5) is 0 Å². The van der Waals surface area contributed by atoms with E-state index in [2.05, 4.69) is 17.4 Å². The number of aryl methyl sites for hydroxylation is 2. The van der Waals surface area contributed by atoms with Gasteiger partial charge in [-0.25, -0.2) is 0 Å². The van der Waals surface area contributed by atoms with Crippen molar-refractivity contribution in [2.24, 2.45) is 0 Å². The third-order valence-electron chi connectivity index (χ3n) is 2.96. The minimum Gasteiger partial charge on any atom is -0.480 e. The second-order valence-corrected chi connectivity index (χ2v) is 4.30. The average molecular weight is 233 g/mol. The fourth-order valence-electron chi connectivity index (χ4n) is 2.16. The average Bonchev–Trinajstić information content (AvgIpc) is 2.73. The second kappa shape index (κ2) is 4.99. The van der Waals surface area contributed by atoms with Gasteiger partial charge in [-0.1, -0.05) is 18.2 Å². The number of carboxylic acids is 1. The van der Waals surface area contributed by atoms with Crippen molar-refractivity contribution in [3.05, 3.63) is 34.9 Å². The highest BCUT2D eigenvalue weighted by atomic mass is 16.4. The molecule has 0 saturated carbocycles. The number of carbonyl (C=O) groups excluding carboxylic acids is 1. The molecule has 1 aliphatic rings. The highest BCUT2D eigenvalue weighted by Gasteiger charge is 2.12. The number of carboxylic acid groups (broad SMARTS) is 1. The Kier molecular flexibility index (Phi) is 3.42. The van der Waals surface area contributed by atoms with Crippen molar-refractivity contribution in [2.45, 2.75) is 25.7 Å². The van der Waals surface area contributed by atoms with E-state index in [1.54, 1.807) is 0 Å². The van der Waals surface area contributed by atoms with Crippen LogP contribution in [0.2, 0.25) is 0 Å². The van der Waals surface area contributed by atoms with Crippen LogP contribution in [0.15, 0.2) is 18.2 Å². The molecule has 1 amide bonds. The molecule has 0 heterocycles. The molecule has 90 valence electrons. The van der Waals surface area contributed by atoms with E-state index in [0.29, 0.717) is 0 Å². The van der Waals surface area contributed by atoms with Gasteiger partial charge in [0.15, 0.2) is 0 Å². The van der Waals surface area contributed by atoms with E-state index < -0.39 is 5.97 Å². The smallest absolute Gasteiger partial charge is 0.322 e. The van der Waals surface area contributed by atoms with E-state index in [4.69, 9.17) is 5.11 Å². The highest BCUT2D eigenvalue weighted by Crippen LogP contribution is 2.22. The Bertz CT molecular complexity index is 454. The summed E-state index contributed by atoms with van der Waals surface area (Å²) < 4.78 is 0. The van der Waals surface area contributed by atoms with Crippen LogP contribution in [0, 0.1) is 0 Å². The van der Waals surface area contributed by atoms with Crippen molar-refractivity contribution in [3.63, 3.8) is 0 Å². The maximum Gasteiger partial charge on any atom is 0.322 e. The molecule has 0 spiro atoms. The minimum absolute atomic E-state index is 0.245. The maximum absolute atomic E-state index is 11.4. The zero-order valence-corrected chi connectivity index (χ0v) is 9.53. The third-order valence-corrected chi connectivity index (χ3v) is 2.96. The minimum atomic E-state index is -1.02. The molecule has 0 saturated heterocycles. The Hall–Kier alpha value is -1.84. The lowest BCUT2D eigenvalue weighted by molar-refractivity contribution is -0.137. The zero-order chi connectivity index (χ0) is 12.3. The summed E-state index contributed by atoms with van der Waals surface area (Å²) in [5, 5.41) is 10.8. The zero-order valence-electron chi connectivity index (χ0n) is 9.53. The molecule has 17 heavy (non-hydrogen) atoms. The SMILES string of the molecule is O=C(O)CNC(=O)Cc1ccc2c(c1)CCC2. The first-order valence-electron chi connectivity index (χ1n) is 5.74. The molecule has 1 aliphatic carbocycles. The number of nitrogens with one attached hydrogen (secondary N) is 1. The quantitative estimate of drug-likeness (QED) is 0.812. The van der Waals surface area contributed by atoms with Gasteiger partial charge in [0, 0.05) is 0 Å². The van der Waals surface area contributed by atoms with Crippen LogP contribution in [0.1, 0.15) is 23.1 Å². The van der Waals surface area contributed by atoms with Crippen LogP contribution in [0.3, 0.4) is 0 Å². The van der Waals surface area contributed by atoms with Crippen molar-refractivity contribution in [2.75, 3.05) is 6.54 Å². The molecule has 4 heteroatoms. The number of hydrogen-bond donors (Lipinski definition) is 2. The van der Waals surface area contributed by atoms with Crippen LogP contribution < -0.4 is 5.32 Å². The molecule has 0 unspecified atom stereocenters. The van der Waals surface area contributed by atoms with Crippen molar-refractivity contribution in [1.29, 1.82) is 0 Å². The maximum atomic E-state index is 11.4. The molecule has 0 fully saturated rings. The predicted molar refractivity (Wildman–Crippen MR) is 62.8 cm³/mol. The van der Waals surface area contributed by atoms with Gasteiger partial charge in [-0.15, -0.1) is 0 Å². The molecule has 4 nitrogen and oxygen atoms in total. The van der Waals surface area contributed by atoms with Crippen molar-refractivity contribution < 1.29 is 14.7 Å². The molecule has 0 bridgehead atoms. The van der Waals surface area contributed by atoms with E-state index in [-0.39, 0.29) is 18.9 Å². The Labute approximate surface area is 99.6 Å². The summed E-state index contributed by atoms with van der Waals surface area (Å²) in [6.45, 7) is -0.316. The molecule has 1 aromatic rings. The van der Waals surface area contributed by atoms with Gasteiger partial charge < -0.3 is 10.4 Å². The summed E-state index contributed by atoms with van der Waals surface area (Å²) in [5.74, 6) is -1.27. The number of fused-ring (bicyclic) bond motifs is 1. The van der Waals surface area contributed by atoms with Crippen LogP contribution in [-0.4, -0.2) is 23.5 Å². The predicted octanol–water partition coefficient (Wildman–Crippen LogP) is 0.919. The molecule has 0 atom stereocenters. The van der Waals surface area contributed by atoms with Gasteiger partial charge >= 0.3 is 5.97 Å². The van der Waals surface area contributed by atoms with Gasteiger partial charge in [-0.3, -0.25) is 9.59 Å². The van der Waals surface area contributed by atoms with Gasteiger partial charge in [0.25, 0.3) is 0 Å². The van der Waals surface area contributed by atoms with E-state index in [1.165, 1.54) is 17.5 Å². The number of benzene rings is 1. The molecule has 0 aliphatic heterocycles. The Balaban J connectivity index is 1.95. The van der Waals surface area contributed by atoms with Gasteiger partial charge in [-0.05, 0) is 36.0 Å². The molecule has 0 aromatic heterocycles. The van der Waals surface area contributed by atoms with Crippen molar-refractivity contribution >= 4 is 11.9 Å². The van der Waals surface area contributed by atoms with E-state index in [0.717, 1.165) is 18.4 Å². The summed E-state index contributed by atoms with van der Waals surface area (Å²) in [6.07, 6.45) is 3.64. The van der Waals surface area contributed by atoms with E-state index in [9.17, 15) is 9.59 Å². The summed E-state index contributed by atoms with van der Waals surface area (Å²) in [4.78, 5) is 21.7. The van der Waals surface area contributed by atoms with Gasteiger partial charge in [0.2, 0.25) is 5.91 Å². The molecule has 0 radical (unpaired) electrons.